The zero-order valence-corrected chi connectivity index (χ0v) is 15.0. The molecule has 7 unspecified atom stereocenters. The van der Waals surface area contributed by atoms with Crippen molar-refractivity contribution in [3.63, 3.8) is 0 Å². The fourth-order valence-corrected chi connectivity index (χ4v) is 4.36. The predicted molar refractivity (Wildman–Crippen MR) is 88.7 cm³/mol. The molecule has 3 saturated heterocycles. The lowest BCUT2D eigenvalue weighted by Gasteiger charge is -2.33. The van der Waals surface area contributed by atoms with Gasteiger partial charge in [0.05, 0.1) is 18.6 Å². The zero-order valence-electron chi connectivity index (χ0n) is 15.0. The first kappa shape index (κ1) is 17.7. The standard InChI is InChI=1S/C19H24O7/c1-9(2)16(20)25-13-7-19-14(26-19)5-4-11(8-23-18(19)22)6-12-15(13)10(3)17(21)24-12/h6,10,12-15,18,22H,1,4-5,7-8H2,2-3H3. The highest BCUT2D eigenvalue weighted by Gasteiger charge is 2.65. The lowest BCUT2D eigenvalue weighted by molar-refractivity contribution is -0.165. The van der Waals surface area contributed by atoms with Gasteiger partial charge in [-0.05, 0) is 31.4 Å². The Kier molecular flexibility index (Phi) is 4.21. The molecule has 7 nitrogen and oxygen atoms in total. The van der Waals surface area contributed by atoms with Gasteiger partial charge in [-0.25, -0.2) is 4.79 Å². The lowest BCUT2D eigenvalue weighted by atomic mass is 9.79. The molecule has 4 aliphatic heterocycles. The molecule has 26 heavy (non-hydrogen) atoms. The highest BCUT2D eigenvalue weighted by atomic mass is 16.7. The Bertz CT molecular complexity index is 683. The second kappa shape index (κ2) is 6.18. The van der Waals surface area contributed by atoms with Crippen molar-refractivity contribution in [3.8, 4) is 0 Å². The average Bonchev–Trinajstić information content (AvgIpc) is 3.20. The summed E-state index contributed by atoms with van der Waals surface area (Å²) in [4.78, 5) is 24.4. The molecule has 7 atom stereocenters. The molecule has 7 heteroatoms. The van der Waals surface area contributed by atoms with Crippen LogP contribution in [0.3, 0.4) is 0 Å². The van der Waals surface area contributed by atoms with Crippen molar-refractivity contribution < 1.29 is 33.6 Å². The van der Waals surface area contributed by atoms with Gasteiger partial charge < -0.3 is 24.1 Å². The number of rotatable bonds is 2. The Hall–Kier alpha value is -1.70. The number of carbonyl (C=O) groups excluding carboxylic acids is 2. The molecule has 0 amide bonds. The minimum absolute atomic E-state index is 0.155. The van der Waals surface area contributed by atoms with Crippen LogP contribution in [0.4, 0.5) is 0 Å². The second-order valence-corrected chi connectivity index (χ2v) is 7.78. The Morgan fingerprint density at radius 3 is 2.96 bits per heavy atom. The fourth-order valence-electron chi connectivity index (χ4n) is 4.36. The quantitative estimate of drug-likeness (QED) is 0.341. The van der Waals surface area contributed by atoms with Crippen LogP contribution in [0.15, 0.2) is 23.8 Å². The molecular formula is C19H24O7. The van der Waals surface area contributed by atoms with E-state index in [9.17, 15) is 14.7 Å². The third kappa shape index (κ3) is 2.78. The summed E-state index contributed by atoms with van der Waals surface area (Å²) in [6.45, 7) is 7.26. The number of aliphatic hydroxyl groups is 1. The molecule has 0 radical (unpaired) electrons. The first-order valence-electron chi connectivity index (χ1n) is 9.06. The van der Waals surface area contributed by atoms with Crippen LogP contribution in [0, 0.1) is 11.8 Å². The molecule has 3 fully saturated rings. The molecule has 0 saturated carbocycles. The van der Waals surface area contributed by atoms with Crippen LogP contribution in [0.2, 0.25) is 0 Å². The summed E-state index contributed by atoms with van der Waals surface area (Å²) in [7, 11) is 0. The van der Waals surface area contributed by atoms with Crippen molar-refractivity contribution in [1.82, 2.24) is 0 Å². The van der Waals surface area contributed by atoms with E-state index in [0.717, 1.165) is 18.4 Å². The molecule has 2 bridgehead atoms. The fraction of sp³-hybridized carbons (Fsp3) is 0.684. The third-order valence-electron chi connectivity index (χ3n) is 5.96. The first-order valence-corrected chi connectivity index (χ1v) is 9.06. The van der Waals surface area contributed by atoms with Crippen LogP contribution >= 0.6 is 0 Å². The second-order valence-electron chi connectivity index (χ2n) is 7.78. The van der Waals surface area contributed by atoms with Crippen LogP contribution in [-0.4, -0.2) is 53.9 Å². The van der Waals surface area contributed by atoms with Crippen molar-refractivity contribution in [2.75, 3.05) is 6.61 Å². The van der Waals surface area contributed by atoms with Crippen LogP contribution in [0.1, 0.15) is 33.1 Å². The van der Waals surface area contributed by atoms with Gasteiger partial charge in [-0.1, -0.05) is 13.5 Å². The molecule has 0 aromatic rings. The summed E-state index contributed by atoms with van der Waals surface area (Å²) < 4.78 is 22.7. The SMILES string of the molecule is C=C(C)C(=O)OC1CC23OC2CCC(=CC2OC(=O)C(C)C21)COC3O. The Labute approximate surface area is 151 Å². The van der Waals surface area contributed by atoms with E-state index >= 15 is 0 Å². The van der Waals surface area contributed by atoms with Crippen molar-refractivity contribution in [2.45, 2.75) is 63.3 Å². The van der Waals surface area contributed by atoms with Gasteiger partial charge in [-0.2, -0.15) is 0 Å². The van der Waals surface area contributed by atoms with Crippen LogP contribution in [0.25, 0.3) is 0 Å². The average molecular weight is 364 g/mol. The Morgan fingerprint density at radius 2 is 2.23 bits per heavy atom. The van der Waals surface area contributed by atoms with E-state index in [0.29, 0.717) is 0 Å². The number of hydrogen-bond acceptors (Lipinski definition) is 7. The molecular weight excluding hydrogens is 340 g/mol. The zero-order chi connectivity index (χ0) is 18.6. The normalized spacial score (nSPS) is 44.1. The van der Waals surface area contributed by atoms with Crippen molar-refractivity contribution in [1.29, 1.82) is 0 Å². The van der Waals surface area contributed by atoms with E-state index in [1.54, 1.807) is 13.8 Å². The Morgan fingerprint density at radius 1 is 1.46 bits per heavy atom. The minimum Gasteiger partial charge on any atom is -0.458 e. The molecule has 4 heterocycles. The number of esters is 2. The molecule has 0 aromatic carbocycles. The van der Waals surface area contributed by atoms with E-state index in [2.05, 4.69) is 6.58 Å². The molecule has 1 spiro atoms. The van der Waals surface area contributed by atoms with Crippen LogP contribution < -0.4 is 0 Å². The number of ether oxygens (including phenoxy) is 4. The molecule has 5 aliphatic rings. The van der Waals surface area contributed by atoms with Crippen molar-refractivity contribution in [2.24, 2.45) is 11.8 Å². The van der Waals surface area contributed by atoms with Gasteiger partial charge in [0.2, 0.25) is 0 Å². The molecule has 0 aromatic heterocycles. The summed E-state index contributed by atoms with van der Waals surface area (Å²) in [6, 6.07) is 0. The van der Waals surface area contributed by atoms with Crippen molar-refractivity contribution in [3.05, 3.63) is 23.8 Å². The number of epoxide rings is 1. The lowest BCUT2D eigenvalue weighted by Crippen LogP contribution is -2.45. The Balaban J connectivity index is 1.75. The molecule has 5 rings (SSSR count). The summed E-state index contributed by atoms with van der Waals surface area (Å²) in [5.74, 6) is -1.60. The van der Waals surface area contributed by atoms with Crippen LogP contribution in [-0.2, 0) is 28.5 Å². The molecule has 1 aliphatic carbocycles. The van der Waals surface area contributed by atoms with Gasteiger partial charge in [0.25, 0.3) is 0 Å². The van der Waals surface area contributed by atoms with Crippen molar-refractivity contribution >= 4 is 11.9 Å². The first-order chi connectivity index (χ1) is 12.3. The monoisotopic (exact) mass is 364 g/mol. The smallest absolute Gasteiger partial charge is 0.333 e. The maximum absolute atomic E-state index is 12.2. The summed E-state index contributed by atoms with van der Waals surface area (Å²) in [5.41, 5.74) is 0.328. The highest BCUT2D eigenvalue weighted by molar-refractivity contribution is 5.87. The van der Waals surface area contributed by atoms with Gasteiger partial charge in [-0.15, -0.1) is 0 Å². The number of fused-ring (bicyclic) bond motifs is 4. The molecule has 142 valence electrons. The largest absolute Gasteiger partial charge is 0.458 e. The third-order valence-corrected chi connectivity index (χ3v) is 5.96. The summed E-state index contributed by atoms with van der Waals surface area (Å²) in [6.07, 6.45) is 1.25. The van der Waals surface area contributed by atoms with E-state index in [4.69, 9.17) is 18.9 Å². The van der Waals surface area contributed by atoms with Gasteiger partial charge >= 0.3 is 11.9 Å². The van der Waals surface area contributed by atoms with Crippen LogP contribution in [0.5, 0.6) is 0 Å². The highest BCUT2D eigenvalue weighted by Crippen LogP contribution is 2.51. The minimum atomic E-state index is -1.10. The number of aliphatic hydroxyl groups excluding tert-OH is 1. The predicted octanol–water partition coefficient (Wildman–Crippen LogP) is 1.25. The maximum atomic E-state index is 12.2. The van der Waals surface area contributed by atoms with Gasteiger partial charge in [-0.3, -0.25) is 4.79 Å². The topological polar surface area (TPSA) is 94.6 Å². The van der Waals surface area contributed by atoms with E-state index in [-0.39, 0.29) is 36.6 Å². The van der Waals surface area contributed by atoms with Gasteiger partial charge in [0, 0.05) is 17.9 Å². The summed E-state index contributed by atoms with van der Waals surface area (Å²) in [5, 5.41) is 10.5. The maximum Gasteiger partial charge on any atom is 0.333 e. The molecule has 1 N–H and O–H groups in total. The summed E-state index contributed by atoms with van der Waals surface area (Å²) >= 11 is 0. The van der Waals surface area contributed by atoms with E-state index < -0.39 is 36.0 Å². The van der Waals surface area contributed by atoms with Gasteiger partial charge in [0.1, 0.15) is 17.8 Å². The van der Waals surface area contributed by atoms with Gasteiger partial charge in [0.15, 0.2) is 6.29 Å². The van der Waals surface area contributed by atoms with E-state index in [1.165, 1.54) is 0 Å². The number of hydrogen-bond donors (Lipinski definition) is 1. The van der Waals surface area contributed by atoms with E-state index in [1.807, 2.05) is 6.08 Å². The number of carbonyl (C=O) groups is 2.